The van der Waals surface area contributed by atoms with Crippen molar-refractivity contribution in [2.45, 2.75) is 25.9 Å². The summed E-state index contributed by atoms with van der Waals surface area (Å²) < 4.78 is 13.0. The van der Waals surface area contributed by atoms with Gasteiger partial charge in [0.1, 0.15) is 5.82 Å². The average molecular weight is 222 g/mol. The van der Waals surface area contributed by atoms with Gasteiger partial charge in [-0.3, -0.25) is 4.90 Å². The minimum absolute atomic E-state index is 0.0483. The van der Waals surface area contributed by atoms with Crippen LogP contribution in [0, 0.1) is 11.7 Å². The van der Waals surface area contributed by atoms with Crippen molar-refractivity contribution in [3.8, 4) is 0 Å². The van der Waals surface area contributed by atoms with Crippen LogP contribution in [0.25, 0.3) is 0 Å². The average Bonchev–Trinajstić information content (AvgIpc) is 2.14. The highest BCUT2D eigenvalue weighted by atomic mass is 19.1. The molecule has 3 heteroatoms. The van der Waals surface area contributed by atoms with E-state index in [-0.39, 0.29) is 11.4 Å². The lowest BCUT2D eigenvalue weighted by atomic mass is 9.80. The molecule has 1 heterocycles. The van der Waals surface area contributed by atoms with Crippen molar-refractivity contribution in [3.05, 3.63) is 35.6 Å². The lowest BCUT2D eigenvalue weighted by molar-refractivity contribution is 0.0313. The largest absolute Gasteiger partial charge is 0.323 e. The van der Waals surface area contributed by atoms with Gasteiger partial charge in [-0.1, -0.05) is 26.0 Å². The first-order valence-corrected chi connectivity index (χ1v) is 5.75. The third-order valence-corrected chi connectivity index (χ3v) is 3.48. The summed E-state index contributed by atoms with van der Waals surface area (Å²) in [5.74, 6) is 0.331. The molecule has 0 unspecified atom stereocenters. The number of rotatable bonds is 3. The molecular formula is C13H19FN2. The molecule has 0 aromatic heterocycles. The van der Waals surface area contributed by atoms with E-state index in [2.05, 4.69) is 18.7 Å². The van der Waals surface area contributed by atoms with Crippen molar-refractivity contribution in [1.29, 1.82) is 0 Å². The number of nitrogens with zero attached hydrogens (tertiary/aromatic N) is 1. The summed E-state index contributed by atoms with van der Waals surface area (Å²) in [5.41, 5.74) is 7.17. The van der Waals surface area contributed by atoms with Gasteiger partial charge in [0.05, 0.1) is 0 Å². The Morgan fingerprint density at radius 3 is 2.69 bits per heavy atom. The van der Waals surface area contributed by atoms with Gasteiger partial charge in [0.25, 0.3) is 0 Å². The maximum absolute atomic E-state index is 13.0. The Bertz CT molecular complexity index is 370. The second-order valence-electron chi connectivity index (χ2n) is 5.16. The zero-order valence-corrected chi connectivity index (χ0v) is 9.91. The monoisotopic (exact) mass is 222 g/mol. The first-order chi connectivity index (χ1) is 7.49. The van der Waals surface area contributed by atoms with Gasteiger partial charge in [-0.05, 0) is 23.6 Å². The third kappa shape index (κ3) is 2.25. The Hall–Kier alpha value is -0.930. The van der Waals surface area contributed by atoms with Crippen LogP contribution in [0.4, 0.5) is 4.39 Å². The van der Waals surface area contributed by atoms with Gasteiger partial charge in [0.15, 0.2) is 0 Å². The van der Waals surface area contributed by atoms with Gasteiger partial charge in [0.2, 0.25) is 0 Å². The van der Waals surface area contributed by atoms with E-state index >= 15 is 0 Å². The maximum atomic E-state index is 13.0. The van der Waals surface area contributed by atoms with Crippen LogP contribution in [-0.2, 0) is 6.54 Å². The van der Waals surface area contributed by atoms with Crippen LogP contribution in [-0.4, -0.2) is 23.5 Å². The van der Waals surface area contributed by atoms with Crippen molar-refractivity contribution >= 4 is 0 Å². The van der Waals surface area contributed by atoms with E-state index < -0.39 is 0 Å². The van der Waals surface area contributed by atoms with Gasteiger partial charge in [0, 0.05) is 25.2 Å². The summed E-state index contributed by atoms with van der Waals surface area (Å²) in [4.78, 5) is 2.26. The Balaban J connectivity index is 1.90. The number of hydrogen-bond acceptors (Lipinski definition) is 2. The van der Waals surface area contributed by atoms with E-state index in [4.69, 9.17) is 5.73 Å². The molecule has 0 atom stereocenters. The van der Waals surface area contributed by atoms with Crippen molar-refractivity contribution in [2.24, 2.45) is 11.7 Å². The van der Waals surface area contributed by atoms with Crippen LogP contribution >= 0.6 is 0 Å². The summed E-state index contributed by atoms with van der Waals surface area (Å²) in [5, 5.41) is 0. The fourth-order valence-electron chi connectivity index (χ4n) is 2.16. The molecule has 1 saturated heterocycles. The predicted octanol–water partition coefficient (Wildman–Crippen LogP) is 1.99. The summed E-state index contributed by atoms with van der Waals surface area (Å²) in [6.07, 6.45) is 0. The molecule has 0 aliphatic carbocycles. The molecule has 88 valence electrons. The van der Waals surface area contributed by atoms with Crippen molar-refractivity contribution in [1.82, 2.24) is 4.90 Å². The number of benzene rings is 1. The molecule has 2 nitrogen and oxygen atoms in total. The molecule has 1 aliphatic heterocycles. The molecule has 0 spiro atoms. The van der Waals surface area contributed by atoms with Crippen LogP contribution in [0.1, 0.15) is 19.4 Å². The predicted molar refractivity (Wildman–Crippen MR) is 63.4 cm³/mol. The molecule has 1 fully saturated rings. The molecule has 1 aliphatic rings. The van der Waals surface area contributed by atoms with Crippen LogP contribution in [0.5, 0.6) is 0 Å². The Kier molecular flexibility index (Phi) is 3.00. The zero-order valence-electron chi connectivity index (χ0n) is 9.91. The van der Waals surface area contributed by atoms with Crippen LogP contribution < -0.4 is 5.73 Å². The van der Waals surface area contributed by atoms with E-state index in [0.29, 0.717) is 5.92 Å². The van der Waals surface area contributed by atoms with Crippen molar-refractivity contribution < 1.29 is 4.39 Å². The Morgan fingerprint density at radius 2 is 2.12 bits per heavy atom. The normalized spacial score (nSPS) is 19.8. The van der Waals surface area contributed by atoms with E-state index in [1.807, 2.05) is 6.07 Å². The second-order valence-corrected chi connectivity index (χ2v) is 5.16. The molecule has 2 N–H and O–H groups in total. The van der Waals surface area contributed by atoms with Gasteiger partial charge < -0.3 is 5.73 Å². The van der Waals surface area contributed by atoms with Crippen LogP contribution in [0.3, 0.4) is 0 Å². The Morgan fingerprint density at radius 1 is 1.44 bits per heavy atom. The first kappa shape index (κ1) is 11.6. The topological polar surface area (TPSA) is 29.3 Å². The summed E-state index contributed by atoms with van der Waals surface area (Å²) >= 11 is 0. The minimum atomic E-state index is -0.166. The van der Waals surface area contributed by atoms with Gasteiger partial charge in [-0.25, -0.2) is 4.39 Å². The molecule has 0 bridgehead atoms. The lowest BCUT2D eigenvalue weighted by Crippen LogP contribution is -2.69. The first-order valence-electron chi connectivity index (χ1n) is 5.75. The molecule has 1 aromatic carbocycles. The fraction of sp³-hybridized carbons (Fsp3) is 0.538. The summed E-state index contributed by atoms with van der Waals surface area (Å²) in [6.45, 7) is 6.91. The number of hydrogen-bond donors (Lipinski definition) is 1. The smallest absolute Gasteiger partial charge is 0.123 e. The molecule has 1 aromatic rings. The van der Waals surface area contributed by atoms with Crippen molar-refractivity contribution in [3.63, 3.8) is 0 Å². The second kappa shape index (κ2) is 4.15. The Labute approximate surface area is 96.2 Å². The van der Waals surface area contributed by atoms with E-state index in [9.17, 15) is 4.39 Å². The van der Waals surface area contributed by atoms with Crippen molar-refractivity contribution in [2.75, 3.05) is 13.1 Å². The highest BCUT2D eigenvalue weighted by Gasteiger charge is 2.41. The highest BCUT2D eigenvalue weighted by molar-refractivity contribution is 5.17. The zero-order chi connectivity index (χ0) is 11.8. The van der Waals surface area contributed by atoms with Crippen LogP contribution in [0.2, 0.25) is 0 Å². The van der Waals surface area contributed by atoms with Gasteiger partial charge >= 0.3 is 0 Å². The molecular weight excluding hydrogens is 203 g/mol. The summed E-state index contributed by atoms with van der Waals surface area (Å²) in [7, 11) is 0. The number of likely N-dealkylation sites (tertiary alicyclic amines) is 1. The van der Waals surface area contributed by atoms with Crippen LogP contribution in [0.15, 0.2) is 24.3 Å². The maximum Gasteiger partial charge on any atom is 0.123 e. The summed E-state index contributed by atoms with van der Waals surface area (Å²) in [6, 6.07) is 6.77. The van der Waals surface area contributed by atoms with E-state index in [1.54, 1.807) is 12.1 Å². The van der Waals surface area contributed by atoms with E-state index in [0.717, 1.165) is 25.2 Å². The molecule has 0 amide bonds. The fourth-order valence-corrected chi connectivity index (χ4v) is 2.16. The van der Waals surface area contributed by atoms with Gasteiger partial charge in [-0.15, -0.1) is 0 Å². The number of halogens is 1. The molecule has 0 radical (unpaired) electrons. The quantitative estimate of drug-likeness (QED) is 0.847. The lowest BCUT2D eigenvalue weighted by Gasteiger charge is -2.50. The molecule has 16 heavy (non-hydrogen) atoms. The highest BCUT2D eigenvalue weighted by Crippen LogP contribution is 2.27. The molecule has 2 rings (SSSR count). The standard InChI is InChI=1S/C13H19FN2/c1-10(2)13(15)8-16(9-13)7-11-4-3-5-12(14)6-11/h3-6,10H,7-9,15H2,1-2H3. The third-order valence-electron chi connectivity index (χ3n) is 3.48. The minimum Gasteiger partial charge on any atom is -0.323 e. The molecule has 0 saturated carbocycles. The van der Waals surface area contributed by atoms with Gasteiger partial charge in [-0.2, -0.15) is 0 Å². The SMILES string of the molecule is CC(C)C1(N)CN(Cc2cccc(F)c2)C1. The van der Waals surface area contributed by atoms with E-state index in [1.165, 1.54) is 6.07 Å². The number of nitrogens with two attached hydrogens (primary N) is 1.